The van der Waals surface area contributed by atoms with Crippen molar-refractivity contribution in [3.63, 3.8) is 0 Å². The van der Waals surface area contributed by atoms with E-state index in [-0.39, 0.29) is 11.7 Å². The van der Waals surface area contributed by atoms with Crippen molar-refractivity contribution in [2.24, 2.45) is 11.7 Å². The molecule has 1 rings (SSSR count). The maximum atomic E-state index is 11.5. The second-order valence-electron chi connectivity index (χ2n) is 3.60. The highest BCUT2D eigenvalue weighted by Crippen LogP contribution is 2.23. The van der Waals surface area contributed by atoms with Gasteiger partial charge in [-0.15, -0.1) is 0 Å². The van der Waals surface area contributed by atoms with Gasteiger partial charge in [-0.05, 0) is 19.8 Å². The lowest BCUT2D eigenvalue weighted by atomic mass is 9.83. The van der Waals surface area contributed by atoms with E-state index in [9.17, 15) is 9.59 Å². The normalized spacial score (nSPS) is 24.4. The summed E-state index contributed by atoms with van der Waals surface area (Å²) in [6, 6.07) is -0.761. The number of ether oxygens (including phenoxy) is 1. The Kier molecular flexibility index (Phi) is 4.07. The van der Waals surface area contributed by atoms with Gasteiger partial charge in [-0.25, -0.2) is 0 Å². The zero-order valence-corrected chi connectivity index (χ0v) is 8.49. The Hall–Kier alpha value is -0.900. The fourth-order valence-corrected chi connectivity index (χ4v) is 1.79. The number of nitrogens with two attached hydrogens (primary N) is 1. The number of esters is 1. The molecule has 1 aliphatic carbocycles. The third-order valence-corrected chi connectivity index (χ3v) is 2.59. The lowest BCUT2D eigenvalue weighted by Gasteiger charge is -2.24. The number of carbonyl (C=O) groups is 2. The van der Waals surface area contributed by atoms with Gasteiger partial charge in [0.25, 0.3) is 0 Å². The van der Waals surface area contributed by atoms with E-state index in [2.05, 4.69) is 0 Å². The molecule has 0 aromatic heterocycles. The van der Waals surface area contributed by atoms with E-state index in [0.717, 1.165) is 19.3 Å². The number of ketones is 1. The van der Waals surface area contributed by atoms with Crippen LogP contribution in [0.4, 0.5) is 0 Å². The van der Waals surface area contributed by atoms with Crippen LogP contribution < -0.4 is 5.73 Å². The number of carbonyl (C=O) groups excluding carboxylic acids is 2. The molecule has 0 aliphatic heterocycles. The molecule has 0 aromatic carbocycles. The van der Waals surface area contributed by atoms with Crippen molar-refractivity contribution in [1.29, 1.82) is 0 Å². The van der Waals surface area contributed by atoms with Crippen LogP contribution in [0, 0.1) is 5.92 Å². The lowest BCUT2D eigenvalue weighted by Crippen LogP contribution is -2.44. The van der Waals surface area contributed by atoms with Crippen LogP contribution in [0.3, 0.4) is 0 Å². The van der Waals surface area contributed by atoms with Gasteiger partial charge in [0.05, 0.1) is 6.61 Å². The molecule has 2 unspecified atom stereocenters. The van der Waals surface area contributed by atoms with Crippen LogP contribution >= 0.6 is 0 Å². The zero-order chi connectivity index (χ0) is 10.6. The van der Waals surface area contributed by atoms with Crippen molar-refractivity contribution < 1.29 is 14.3 Å². The first kappa shape index (κ1) is 11.2. The minimum Gasteiger partial charge on any atom is -0.465 e. The Bertz CT molecular complexity index is 227. The standard InChI is InChI=1S/C10H17NO3/c1-2-14-10(13)9(11)7-5-3-4-6-8(7)12/h7,9H,2-6,11H2,1H3. The summed E-state index contributed by atoms with van der Waals surface area (Å²) in [5.74, 6) is -0.660. The Morgan fingerprint density at radius 3 is 2.93 bits per heavy atom. The smallest absolute Gasteiger partial charge is 0.323 e. The molecule has 0 spiro atoms. The maximum absolute atomic E-state index is 11.5. The van der Waals surface area contributed by atoms with Crippen LogP contribution in [0.5, 0.6) is 0 Å². The zero-order valence-electron chi connectivity index (χ0n) is 8.49. The second-order valence-corrected chi connectivity index (χ2v) is 3.60. The van der Waals surface area contributed by atoms with Crippen LogP contribution in [-0.4, -0.2) is 24.4 Å². The molecule has 1 fully saturated rings. The van der Waals surface area contributed by atoms with Gasteiger partial charge < -0.3 is 10.5 Å². The molecule has 0 aromatic rings. The molecular weight excluding hydrogens is 182 g/mol. The van der Waals surface area contributed by atoms with Crippen LogP contribution in [0.15, 0.2) is 0 Å². The topological polar surface area (TPSA) is 69.4 Å². The van der Waals surface area contributed by atoms with E-state index in [4.69, 9.17) is 10.5 Å². The molecule has 0 saturated heterocycles. The van der Waals surface area contributed by atoms with Gasteiger partial charge in [-0.2, -0.15) is 0 Å². The van der Waals surface area contributed by atoms with Crippen molar-refractivity contribution in [3.8, 4) is 0 Å². The molecule has 80 valence electrons. The maximum Gasteiger partial charge on any atom is 0.323 e. The molecular formula is C10H17NO3. The molecule has 4 heteroatoms. The summed E-state index contributed by atoms with van der Waals surface area (Å²) in [4.78, 5) is 22.7. The predicted molar refractivity (Wildman–Crippen MR) is 51.6 cm³/mol. The largest absolute Gasteiger partial charge is 0.465 e. The number of rotatable bonds is 3. The van der Waals surface area contributed by atoms with E-state index < -0.39 is 12.0 Å². The van der Waals surface area contributed by atoms with E-state index >= 15 is 0 Å². The molecule has 1 saturated carbocycles. The molecule has 2 atom stereocenters. The van der Waals surface area contributed by atoms with Crippen LogP contribution in [0.2, 0.25) is 0 Å². The molecule has 0 heterocycles. The highest BCUT2D eigenvalue weighted by molar-refractivity contribution is 5.89. The summed E-state index contributed by atoms with van der Waals surface area (Å²) in [6.07, 6.45) is 3.17. The van der Waals surface area contributed by atoms with Gasteiger partial charge in [0.2, 0.25) is 0 Å². The van der Waals surface area contributed by atoms with Gasteiger partial charge in [0, 0.05) is 12.3 Å². The Labute approximate surface area is 83.8 Å². The summed E-state index contributed by atoms with van der Waals surface area (Å²) in [5.41, 5.74) is 5.67. The van der Waals surface area contributed by atoms with Gasteiger partial charge in [-0.1, -0.05) is 6.42 Å². The van der Waals surface area contributed by atoms with Crippen molar-refractivity contribution in [1.82, 2.24) is 0 Å². The van der Waals surface area contributed by atoms with Crippen molar-refractivity contribution in [3.05, 3.63) is 0 Å². The quantitative estimate of drug-likeness (QED) is 0.677. The second kappa shape index (κ2) is 5.10. The molecule has 4 nitrogen and oxygen atoms in total. The van der Waals surface area contributed by atoms with Crippen molar-refractivity contribution >= 4 is 11.8 Å². The van der Waals surface area contributed by atoms with E-state index in [1.54, 1.807) is 6.92 Å². The van der Waals surface area contributed by atoms with Crippen LogP contribution in [-0.2, 0) is 14.3 Å². The monoisotopic (exact) mass is 199 g/mol. The van der Waals surface area contributed by atoms with Crippen molar-refractivity contribution in [2.45, 2.75) is 38.6 Å². The predicted octanol–water partition coefficient (Wildman–Crippen LogP) is 0.636. The average molecular weight is 199 g/mol. The number of hydrogen-bond donors (Lipinski definition) is 1. The Morgan fingerprint density at radius 2 is 2.36 bits per heavy atom. The Morgan fingerprint density at radius 1 is 1.64 bits per heavy atom. The SMILES string of the molecule is CCOC(=O)C(N)C1CCCCC1=O. The Balaban J connectivity index is 2.53. The first-order valence-corrected chi connectivity index (χ1v) is 5.11. The van der Waals surface area contributed by atoms with Gasteiger partial charge >= 0.3 is 5.97 Å². The fourth-order valence-electron chi connectivity index (χ4n) is 1.79. The highest BCUT2D eigenvalue weighted by Gasteiger charge is 2.32. The molecule has 0 amide bonds. The number of Topliss-reactive ketones (excluding diaryl/α,β-unsaturated/α-hetero) is 1. The third kappa shape index (κ3) is 2.54. The van der Waals surface area contributed by atoms with Gasteiger partial charge in [0.15, 0.2) is 0 Å². The first-order valence-electron chi connectivity index (χ1n) is 5.11. The summed E-state index contributed by atoms with van der Waals surface area (Å²) in [5, 5.41) is 0. The van der Waals surface area contributed by atoms with E-state index in [0.29, 0.717) is 13.0 Å². The van der Waals surface area contributed by atoms with Crippen molar-refractivity contribution in [2.75, 3.05) is 6.61 Å². The van der Waals surface area contributed by atoms with Gasteiger partial charge in [-0.3, -0.25) is 9.59 Å². The van der Waals surface area contributed by atoms with Crippen LogP contribution in [0.1, 0.15) is 32.6 Å². The summed E-state index contributed by atoms with van der Waals surface area (Å²) < 4.78 is 4.79. The average Bonchev–Trinajstić information content (AvgIpc) is 2.18. The first-order chi connectivity index (χ1) is 6.66. The highest BCUT2D eigenvalue weighted by atomic mass is 16.5. The fraction of sp³-hybridized carbons (Fsp3) is 0.800. The molecule has 14 heavy (non-hydrogen) atoms. The number of hydrogen-bond acceptors (Lipinski definition) is 4. The summed E-state index contributed by atoms with van der Waals surface area (Å²) >= 11 is 0. The molecule has 0 radical (unpaired) electrons. The van der Waals surface area contributed by atoms with E-state index in [1.165, 1.54) is 0 Å². The summed E-state index contributed by atoms with van der Waals surface area (Å²) in [6.45, 7) is 2.04. The minimum atomic E-state index is -0.761. The lowest BCUT2D eigenvalue weighted by molar-refractivity contribution is -0.148. The summed E-state index contributed by atoms with van der Waals surface area (Å²) in [7, 11) is 0. The molecule has 1 aliphatic rings. The third-order valence-electron chi connectivity index (χ3n) is 2.59. The molecule has 0 bridgehead atoms. The van der Waals surface area contributed by atoms with Crippen LogP contribution in [0.25, 0.3) is 0 Å². The van der Waals surface area contributed by atoms with Gasteiger partial charge in [0.1, 0.15) is 11.8 Å². The van der Waals surface area contributed by atoms with E-state index in [1.807, 2.05) is 0 Å². The minimum absolute atomic E-state index is 0.108. The molecule has 2 N–H and O–H groups in total.